The van der Waals surface area contributed by atoms with Crippen LogP contribution in [0, 0.1) is 6.92 Å². The van der Waals surface area contributed by atoms with E-state index in [1.54, 1.807) is 23.1 Å². The maximum absolute atomic E-state index is 12.6. The van der Waals surface area contributed by atoms with Gasteiger partial charge >= 0.3 is 0 Å². The molecule has 0 radical (unpaired) electrons. The molecule has 1 aromatic carbocycles. The SMILES string of the molecule is CCCC(N)C(=O)Nc1cccc(C(=O)N2CCOCC2)c1C. The number of carbonyl (C=O) groups excluding carboxylic acids is 2. The summed E-state index contributed by atoms with van der Waals surface area (Å²) in [6, 6.07) is 4.83. The first-order valence-corrected chi connectivity index (χ1v) is 8.07. The van der Waals surface area contributed by atoms with Crippen molar-refractivity contribution < 1.29 is 14.3 Å². The average molecular weight is 319 g/mol. The number of rotatable bonds is 5. The Bertz CT molecular complexity index is 568. The van der Waals surface area contributed by atoms with Gasteiger partial charge in [0.1, 0.15) is 0 Å². The van der Waals surface area contributed by atoms with Gasteiger partial charge in [0.05, 0.1) is 19.3 Å². The summed E-state index contributed by atoms with van der Waals surface area (Å²) in [5.41, 5.74) is 7.85. The molecule has 2 rings (SSSR count). The number of hydrogen-bond donors (Lipinski definition) is 2. The molecule has 23 heavy (non-hydrogen) atoms. The minimum atomic E-state index is -0.530. The quantitative estimate of drug-likeness (QED) is 0.862. The van der Waals surface area contributed by atoms with E-state index in [1.807, 2.05) is 13.8 Å². The fourth-order valence-electron chi connectivity index (χ4n) is 2.61. The summed E-state index contributed by atoms with van der Waals surface area (Å²) < 4.78 is 5.28. The Morgan fingerprint density at radius 1 is 1.35 bits per heavy atom. The summed E-state index contributed by atoms with van der Waals surface area (Å²) in [6.45, 7) is 6.14. The van der Waals surface area contributed by atoms with E-state index in [2.05, 4.69) is 5.32 Å². The lowest BCUT2D eigenvalue weighted by atomic mass is 10.0. The van der Waals surface area contributed by atoms with Gasteiger partial charge in [0, 0.05) is 24.3 Å². The molecule has 1 heterocycles. The van der Waals surface area contributed by atoms with Crippen LogP contribution in [0.5, 0.6) is 0 Å². The molecule has 1 aliphatic rings. The molecule has 2 amide bonds. The van der Waals surface area contributed by atoms with Crippen molar-refractivity contribution in [2.24, 2.45) is 5.73 Å². The van der Waals surface area contributed by atoms with Crippen LogP contribution >= 0.6 is 0 Å². The van der Waals surface area contributed by atoms with Gasteiger partial charge in [0.25, 0.3) is 5.91 Å². The van der Waals surface area contributed by atoms with Gasteiger partial charge in [0.15, 0.2) is 0 Å². The number of nitrogens with zero attached hydrogens (tertiary/aromatic N) is 1. The summed E-state index contributed by atoms with van der Waals surface area (Å²) in [5.74, 6) is -0.245. The molecule has 6 nitrogen and oxygen atoms in total. The minimum absolute atomic E-state index is 0.0280. The molecular weight excluding hydrogens is 294 g/mol. The predicted octanol–water partition coefficient (Wildman–Crippen LogP) is 1.53. The van der Waals surface area contributed by atoms with E-state index in [0.717, 1.165) is 12.0 Å². The fourth-order valence-corrected chi connectivity index (χ4v) is 2.61. The molecule has 0 aromatic heterocycles. The van der Waals surface area contributed by atoms with Crippen LogP contribution in [0.15, 0.2) is 18.2 Å². The summed E-state index contributed by atoms with van der Waals surface area (Å²) >= 11 is 0. The number of anilines is 1. The van der Waals surface area contributed by atoms with Crippen molar-refractivity contribution in [2.45, 2.75) is 32.7 Å². The van der Waals surface area contributed by atoms with Gasteiger partial charge in [-0.2, -0.15) is 0 Å². The maximum atomic E-state index is 12.6. The molecular formula is C17H25N3O3. The third kappa shape index (κ3) is 4.30. The molecule has 0 aliphatic carbocycles. The molecule has 1 aliphatic heterocycles. The number of benzene rings is 1. The predicted molar refractivity (Wildman–Crippen MR) is 89.4 cm³/mol. The summed E-state index contributed by atoms with van der Waals surface area (Å²) in [6.07, 6.45) is 1.49. The molecule has 0 saturated carbocycles. The Morgan fingerprint density at radius 2 is 2.04 bits per heavy atom. The van der Waals surface area contributed by atoms with E-state index in [-0.39, 0.29) is 11.8 Å². The van der Waals surface area contributed by atoms with Crippen molar-refractivity contribution >= 4 is 17.5 Å². The molecule has 1 fully saturated rings. The van der Waals surface area contributed by atoms with E-state index in [1.165, 1.54) is 0 Å². The molecule has 1 unspecified atom stereocenters. The number of hydrogen-bond acceptors (Lipinski definition) is 4. The molecule has 1 saturated heterocycles. The Balaban J connectivity index is 2.14. The second-order valence-corrected chi connectivity index (χ2v) is 5.77. The Labute approximate surface area is 137 Å². The second kappa shape index (κ2) is 8.08. The van der Waals surface area contributed by atoms with Crippen molar-refractivity contribution in [3.8, 4) is 0 Å². The lowest BCUT2D eigenvalue weighted by molar-refractivity contribution is -0.117. The van der Waals surface area contributed by atoms with Crippen molar-refractivity contribution in [3.05, 3.63) is 29.3 Å². The number of morpholine rings is 1. The zero-order valence-corrected chi connectivity index (χ0v) is 13.8. The summed E-state index contributed by atoms with van der Waals surface area (Å²) in [5, 5.41) is 2.83. The summed E-state index contributed by atoms with van der Waals surface area (Å²) in [4.78, 5) is 26.5. The van der Waals surface area contributed by atoms with Crippen molar-refractivity contribution in [1.29, 1.82) is 0 Å². The highest BCUT2D eigenvalue weighted by Gasteiger charge is 2.21. The van der Waals surface area contributed by atoms with E-state index in [9.17, 15) is 9.59 Å². The normalized spacial score (nSPS) is 16.0. The van der Waals surface area contributed by atoms with E-state index in [0.29, 0.717) is 44.0 Å². The van der Waals surface area contributed by atoms with Crippen LogP contribution in [0.3, 0.4) is 0 Å². The summed E-state index contributed by atoms with van der Waals surface area (Å²) in [7, 11) is 0. The van der Waals surface area contributed by atoms with Crippen LogP contribution < -0.4 is 11.1 Å². The lowest BCUT2D eigenvalue weighted by Crippen LogP contribution is -2.41. The minimum Gasteiger partial charge on any atom is -0.378 e. The van der Waals surface area contributed by atoms with E-state index < -0.39 is 6.04 Å². The fraction of sp³-hybridized carbons (Fsp3) is 0.529. The van der Waals surface area contributed by atoms with Gasteiger partial charge in [0.2, 0.25) is 5.91 Å². The topological polar surface area (TPSA) is 84.7 Å². The zero-order chi connectivity index (χ0) is 16.8. The molecule has 0 spiro atoms. The number of carbonyl (C=O) groups is 2. The van der Waals surface area contributed by atoms with Gasteiger partial charge < -0.3 is 20.7 Å². The first-order valence-electron chi connectivity index (χ1n) is 8.07. The van der Waals surface area contributed by atoms with Gasteiger partial charge in [-0.25, -0.2) is 0 Å². The van der Waals surface area contributed by atoms with Crippen LogP contribution in [-0.2, 0) is 9.53 Å². The van der Waals surface area contributed by atoms with Crippen LogP contribution in [-0.4, -0.2) is 49.1 Å². The highest BCUT2D eigenvalue weighted by atomic mass is 16.5. The third-order valence-electron chi connectivity index (χ3n) is 4.06. The van der Waals surface area contributed by atoms with Crippen LogP contribution in [0.4, 0.5) is 5.69 Å². The van der Waals surface area contributed by atoms with Crippen LogP contribution in [0.2, 0.25) is 0 Å². The van der Waals surface area contributed by atoms with Crippen molar-refractivity contribution in [2.75, 3.05) is 31.6 Å². The molecule has 3 N–H and O–H groups in total. The monoisotopic (exact) mass is 319 g/mol. The number of amides is 2. The van der Waals surface area contributed by atoms with Gasteiger partial charge in [-0.15, -0.1) is 0 Å². The largest absolute Gasteiger partial charge is 0.378 e. The van der Waals surface area contributed by atoms with Crippen molar-refractivity contribution in [3.63, 3.8) is 0 Å². The molecule has 126 valence electrons. The Kier molecular flexibility index (Phi) is 6.12. The van der Waals surface area contributed by atoms with Crippen LogP contribution in [0.1, 0.15) is 35.7 Å². The van der Waals surface area contributed by atoms with E-state index in [4.69, 9.17) is 10.5 Å². The first kappa shape index (κ1) is 17.4. The first-order chi connectivity index (χ1) is 11.0. The van der Waals surface area contributed by atoms with Gasteiger partial charge in [-0.1, -0.05) is 19.4 Å². The van der Waals surface area contributed by atoms with E-state index >= 15 is 0 Å². The molecule has 1 atom stereocenters. The van der Waals surface area contributed by atoms with Gasteiger partial charge in [-0.05, 0) is 31.0 Å². The highest BCUT2D eigenvalue weighted by molar-refractivity contribution is 6.00. The van der Waals surface area contributed by atoms with Crippen molar-refractivity contribution in [1.82, 2.24) is 4.90 Å². The number of nitrogens with one attached hydrogen (secondary N) is 1. The van der Waals surface area contributed by atoms with Gasteiger partial charge in [-0.3, -0.25) is 9.59 Å². The molecule has 0 bridgehead atoms. The zero-order valence-electron chi connectivity index (χ0n) is 13.8. The van der Waals surface area contributed by atoms with Crippen LogP contribution in [0.25, 0.3) is 0 Å². The third-order valence-corrected chi connectivity index (χ3v) is 4.06. The average Bonchev–Trinajstić information content (AvgIpc) is 2.57. The maximum Gasteiger partial charge on any atom is 0.254 e. The number of ether oxygens (including phenoxy) is 1. The Hall–Kier alpha value is -1.92. The lowest BCUT2D eigenvalue weighted by Gasteiger charge is -2.27. The molecule has 6 heteroatoms. The smallest absolute Gasteiger partial charge is 0.254 e. The Morgan fingerprint density at radius 3 is 2.70 bits per heavy atom. The number of nitrogens with two attached hydrogens (primary N) is 1. The second-order valence-electron chi connectivity index (χ2n) is 5.77. The highest BCUT2D eigenvalue weighted by Crippen LogP contribution is 2.21. The molecule has 1 aromatic rings. The standard InChI is InChI=1S/C17H25N3O3/c1-3-5-14(18)16(21)19-15-7-4-6-13(12(15)2)17(22)20-8-10-23-11-9-20/h4,6-7,14H,3,5,8-11,18H2,1-2H3,(H,19,21).